The number of amides is 1. The first-order chi connectivity index (χ1) is 11.4. The van der Waals surface area contributed by atoms with Crippen molar-refractivity contribution < 1.29 is 19.4 Å². The number of hydrogen-bond donors (Lipinski definition) is 2. The number of rotatable bonds is 6. The SMILES string of the molecule is Cc1cccc(C)c1OCC(C)NC(=O)C1CCC(C(=O)O)CC1. The minimum absolute atomic E-state index is 0.0106. The lowest BCUT2D eigenvalue weighted by Gasteiger charge is -2.26. The van der Waals surface area contributed by atoms with Crippen LogP contribution in [0, 0.1) is 25.7 Å². The van der Waals surface area contributed by atoms with E-state index in [0.29, 0.717) is 32.3 Å². The molecule has 1 saturated carbocycles. The minimum Gasteiger partial charge on any atom is -0.491 e. The van der Waals surface area contributed by atoms with Crippen LogP contribution in [0.15, 0.2) is 18.2 Å². The van der Waals surface area contributed by atoms with Gasteiger partial charge in [0.05, 0.1) is 12.0 Å². The average molecular weight is 333 g/mol. The fourth-order valence-electron chi connectivity index (χ4n) is 3.24. The molecule has 0 bridgehead atoms. The van der Waals surface area contributed by atoms with E-state index in [1.165, 1.54) is 0 Å². The molecule has 0 aromatic heterocycles. The number of aliphatic carboxylic acids is 1. The fraction of sp³-hybridized carbons (Fsp3) is 0.579. The molecule has 0 aliphatic heterocycles. The zero-order chi connectivity index (χ0) is 17.7. The number of carbonyl (C=O) groups excluding carboxylic acids is 1. The van der Waals surface area contributed by atoms with Crippen LogP contribution in [0.25, 0.3) is 0 Å². The van der Waals surface area contributed by atoms with E-state index in [9.17, 15) is 9.59 Å². The molecule has 0 heterocycles. The van der Waals surface area contributed by atoms with Crippen molar-refractivity contribution in [1.29, 1.82) is 0 Å². The summed E-state index contributed by atoms with van der Waals surface area (Å²) in [6.45, 7) is 6.36. The van der Waals surface area contributed by atoms with Gasteiger partial charge in [-0.1, -0.05) is 18.2 Å². The number of ether oxygens (including phenoxy) is 1. The van der Waals surface area contributed by atoms with E-state index in [1.54, 1.807) is 0 Å². The van der Waals surface area contributed by atoms with Crippen LogP contribution in [-0.2, 0) is 9.59 Å². The van der Waals surface area contributed by atoms with Crippen LogP contribution in [0.3, 0.4) is 0 Å². The summed E-state index contributed by atoms with van der Waals surface area (Å²) in [5.41, 5.74) is 2.17. The van der Waals surface area contributed by atoms with Crippen molar-refractivity contribution in [3.8, 4) is 5.75 Å². The van der Waals surface area contributed by atoms with E-state index >= 15 is 0 Å². The first-order valence-electron chi connectivity index (χ1n) is 8.60. The van der Waals surface area contributed by atoms with Crippen molar-refractivity contribution in [2.24, 2.45) is 11.8 Å². The largest absolute Gasteiger partial charge is 0.491 e. The molecule has 132 valence electrons. The summed E-state index contributed by atoms with van der Waals surface area (Å²) in [5.74, 6) is -0.233. The standard InChI is InChI=1S/C19H27NO4/c1-12-5-4-6-13(2)17(12)24-11-14(3)20-18(21)15-7-9-16(10-8-15)19(22)23/h4-6,14-16H,7-11H2,1-3H3,(H,20,21)(H,22,23). The third kappa shape index (κ3) is 4.73. The molecular formula is C19H27NO4. The van der Waals surface area contributed by atoms with Gasteiger partial charge in [-0.05, 0) is 57.6 Å². The lowest BCUT2D eigenvalue weighted by atomic mass is 9.81. The van der Waals surface area contributed by atoms with E-state index in [1.807, 2.05) is 39.0 Å². The summed E-state index contributed by atoms with van der Waals surface area (Å²) in [6, 6.07) is 5.92. The van der Waals surface area contributed by atoms with Gasteiger partial charge >= 0.3 is 5.97 Å². The second-order valence-corrected chi connectivity index (χ2v) is 6.83. The van der Waals surface area contributed by atoms with Crippen LogP contribution in [-0.4, -0.2) is 29.6 Å². The van der Waals surface area contributed by atoms with E-state index in [0.717, 1.165) is 16.9 Å². The van der Waals surface area contributed by atoms with Gasteiger partial charge in [0, 0.05) is 5.92 Å². The molecule has 5 heteroatoms. The van der Waals surface area contributed by atoms with Gasteiger partial charge in [0.15, 0.2) is 0 Å². The summed E-state index contributed by atoms with van der Waals surface area (Å²) >= 11 is 0. The average Bonchev–Trinajstić information content (AvgIpc) is 2.54. The van der Waals surface area contributed by atoms with Gasteiger partial charge in [-0.3, -0.25) is 9.59 Å². The van der Waals surface area contributed by atoms with Crippen molar-refractivity contribution in [1.82, 2.24) is 5.32 Å². The maximum absolute atomic E-state index is 12.3. The van der Waals surface area contributed by atoms with Gasteiger partial charge in [0.1, 0.15) is 12.4 Å². The molecule has 0 spiro atoms. The highest BCUT2D eigenvalue weighted by Gasteiger charge is 2.30. The molecule has 1 aromatic rings. The van der Waals surface area contributed by atoms with E-state index in [2.05, 4.69) is 5.32 Å². The topological polar surface area (TPSA) is 75.6 Å². The van der Waals surface area contributed by atoms with Gasteiger partial charge in [0.2, 0.25) is 5.91 Å². The molecule has 24 heavy (non-hydrogen) atoms. The summed E-state index contributed by atoms with van der Waals surface area (Å²) in [4.78, 5) is 23.3. The second kappa shape index (κ2) is 8.18. The molecule has 0 radical (unpaired) electrons. The number of benzene rings is 1. The maximum Gasteiger partial charge on any atom is 0.306 e. The summed E-state index contributed by atoms with van der Waals surface area (Å²) < 4.78 is 5.87. The zero-order valence-electron chi connectivity index (χ0n) is 14.7. The molecule has 1 atom stereocenters. The highest BCUT2D eigenvalue weighted by Crippen LogP contribution is 2.29. The van der Waals surface area contributed by atoms with Crippen molar-refractivity contribution in [2.45, 2.75) is 52.5 Å². The van der Waals surface area contributed by atoms with Gasteiger partial charge in [-0.2, -0.15) is 0 Å². The monoisotopic (exact) mass is 333 g/mol. The van der Waals surface area contributed by atoms with E-state index in [-0.39, 0.29) is 23.8 Å². The van der Waals surface area contributed by atoms with Crippen LogP contribution in [0.5, 0.6) is 5.75 Å². The van der Waals surface area contributed by atoms with Crippen molar-refractivity contribution in [2.75, 3.05) is 6.61 Å². The Labute approximate surface area is 143 Å². The normalized spacial score (nSPS) is 21.8. The van der Waals surface area contributed by atoms with Crippen LogP contribution in [0.2, 0.25) is 0 Å². The Hall–Kier alpha value is -2.04. The molecule has 1 aliphatic rings. The lowest BCUT2D eigenvalue weighted by molar-refractivity contribution is -0.144. The number of carboxylic acids is 1. The number of para-hydroxylation sites is 1. The molecule has 1 aromatic carbocycles. The quantitative estimate of drug-likeness (QED) is 0.839. The van der Waals surface area contributed by atoms with Crippen molar-refractivity contribution in [3.63, 3.8) is 0 Å². The third-order valence-electron chi connectivity index (χ3n) is 4.72. The Morgan fingerprint density at radius 1 is 1.17 bits per heavy atom. The number of carboxylic acid groups (broad SMARTS) is 1. The Morgan fingerprint density at radius 3 is 2.25 bits per heavy atom. The molecule has 1 fully saturated rings. The fourth-order valence-corrected chi connectivity index (χ4v) is 3.24. The molecule has 1 aliphatic carbocycles. The summed E-state index contributed by atoms with van der Waals surface area (Å²) in [7, 11) is 0. The van der Waals surface area contributed by atoms with Crippen LogP contribution >= 0.6 is 0 Å². The number of hydrogen-bond acceptors (Lipinski definition) is 3. The van der Waals surface area contributed by atoms with Crippen LogP contribution < -0.4 is 10.1 Å². The zero-order valence-corrected chi connectivity index (χ0v) is 14.7. The predicted octanol–water partition coefficient (Wildman–Crippen LogP) is 3.08. The smallest absolute Gasteiger partial charge is 0.306 e. The Morgan fingerprint density at radius 2 is 1.71 bits per heavy atom. The summed E-state index contributed by atoms with van der Waals surface area (Å²) in [5, 5.41) is 12.0. The molecule has 2 N–H and O–H groups in total. The van der Waals surface area contributed by atoms with Gasteiger partial charge < -0.3 is 15.2 Å². The molecule has 0 saturated heterocycles. The number of aryl methyl sites for hydroxylation is 2. The molecular weight excluding hydrogens is 306 g/mol. The predicted molar refractivity (Wildman–Crippen MR) is 92.1 cm³/mol. The maximum atomic E-state index is 12.3. The van der Waals surface area contributed by atoms with Crippen molar-refractivity contribution >= 4 is 11.9 Å². The minimum atomic E-state index is -0.746. The Bertz CT molecular complexity index is 571. The highest BCUT2D eigenvalue weighted by atomic mass is 16.5. The molecule has 1 unspecified atom stereocenters. The summed E-state index contributed by atoms with van der Waals surface area (Å²) in [6.07, 6.45) is 2.46. The van der Waals surface area contributed by atoms with E-state index < -0.39 is 5.97 Å². The highest BCUT2D eigenvalue weighted by molar-refractivity contribution is 5.79. The lowest BCUT2D eigenvalue weighted by Crippen LogP contribution is -2.41. The van der Waals surface area contributed by atoms with Crippen LogP contribution in [0.1, 0.15) is 43.7 Å². The van der Waals surface area contributed by atoms with Gasteiger partial charge in [-0.25, -0.2) is 0 Å². The van der Waals surface area contributed by atoms with Gasteiger partial charge in [-0.15, -0.1) is 0 Å². The molecule has 5 nitrogen and oxygen atoms in total. The van der Waals surface area contributed by atoms with Crippen molar-refractivity contribution in [3.05, 3.63) is 29.3 Å². The Balaban J connectivity index is 1.79. The first-order valence-corrected chi connectivity index (χ1v) is 8.60. The number of carbonyl (C=O) groups is 2. The molecule has 1 amide bonds. The first kappa shape index (κ1) is 18.3. The number of nitrogens with one attached hydrogen (secondary N) is 1. The third-order valence-corrected chi connectivity index (χ3v) is 4.72. The van der Waals surface area contributed by atoms with E-state index in [4.69, 9.17) is 9.84 Å². The molecule has 2 rings (SSSR count). The van der Waals surface area contributed by atoms with Crippen LogP contribution in [0.4, 0.5) is 0 Å². The second-order valence-electron chi connectivity index (χ2n) is 6.83. The van der Waals surface area contributed by atoms with Gasteiger partial charge in [0.25, 0.3) is 0 Å². The Kier molecular flexibility index (Phi) is 6.23.